The molecule has 0 atom stereocenters. The summed E-state index contributed by atoms with van der Waals surface area (Å²) < 4.78 is 9.87. The van der Waals surface area contributed by atoms with Crippen LogP contribution in [0.1, 0.15) is 0 Å². The minimum Gasteiger partial charge on any atom is -0.311 e. The van der Waals surface area contributed by atoms with Gasteiger partial charge in [0.2, 0.25) is 0 Å². The summed E-state index contributed by atoms with van der Waals surface area (Å²) in [6.45, 7) is 0. The fourth-order valence-corrected chi connectivity index (χ4v) is 23.2. The molecular formula is C132H85N7. The maximum atomic E-state index is 2.50. The lowest BCUT2D eigenvalue weighted by Crippen LogP contribution is -2.10. The summed E-state index contributed by atoms with van der Waals surface area (Å²) in [6.07, 6.45) is 0. The quantitative estimate of drug-likeness (QED) is 0.115. The highest BCUT2D eigenvalue weighted by atomic mass is 15.2. The molecular weight excluding hydrogens is 1680 g/mol. The Balaban J connectivity index is 0.000000104. The van der Waals surface area contributed by atoms with Crippen molar-refractivity contribution < 1.29 is 0 Å². The van der Waals surface area contributed by atoms with Gasteiger partial charge in [0.05, 0.1) is 49.7 Å². The number of fused-ring (bicyclic) bond motifs is 13. The van der Waals surface area contributed by atoms with E-state index in [9.17, 15) is 0 Å². The maximum absolute atomic E-state index is 2.50. The number of benzene rings is 23. The van der Waals surface area contributed by atoms with Crippen molar-refractivity contribution in [3.63, 3.8) is 0 Å². The zero-order chi connectivity index (χ0) is 91.3. The molecule has 0 amide bonds. The molecule has 0 saturated heterocycles. The summed E-state index contributed by atoms with van der Waals surface area (Å²) in [5, 5.41) is 20.7. The summed E-state index contributed by atoms with van der Waals surface area (Å²) in [6, 6.07) is 187. The molecule has 0 bridgehead atoms. The fourth-order valence-electron chi connectivity index (χ4n) is 23.2. The molecule has 23 aromatic carbocycles. The SMILES string of the molecule is c1ccc(N(c2ccc(-c3ccc4ccccc4c3)cc2)c2cccc(-n3c4cccc5c6ccccc6n6c7ccccc7c7ccc3c(c54)c76)c2)cc1.c1ccc(N(c2ccccc2)c2ccc(-n3c4cccc5c4c4c6c(cccc6ccc43)-c3ccccc3-5)cc2)cc1.c1ccc(N(c2ccccc2)c2cccc(-n3c4cccc5c4c4c6c(cccc6ccc43)-c3ccccc3-5)c2)cc1. The second-order valence-electron chi connectivity index (χ2n) is 36.5. The van der Waals surface area contributed by atoms with Crippen molar-refractivity contribution in [3.8, 4) is 72.7 Å². The van der Waals surface area contributed by atoms with Crippen LogP contribution in [0.15, 0.2) is 516 Å². The van der Waals surface area contributed by atoms with Gasteiger partial charge in [-0.25, -0.2) is 0 Å². The van der Waals surface area contributed by atoms with Crippen LogP contribution in [0.25, 0.3) is 209 Å². The first-order valence-electron chi connectivity index (χ1n) is 47.9. The largest absolute Gasteiger partial charge is 0.311 e. The van der Waals surface area contributed by atoms with E-state index in [1.54, 1.807) is 0 Å². The Bertz CT molecular complexity index is 9680. The van der Waals surface area contributed by atoms with Gasteiger partial charge < -0.3 is 32.8 Å². The lowest BCUT2D eigenvalue weighted by atomic mass is 9.93. The molecule has 5 heterocycles. The molecule has 0 unspecified atom stereocenters. The molecule has 0 spiro atoms. The standard InChI is InChI=1S/C52H33N3.2C40H26N2/c1-2-14-38(15-3-1)53(39-28-26-35(27-29-39)37-25-24-34-12-4-5-13-36(34)32-37)40-16-10-17-41(33-40)54-48-23-11-20-44-42-18-6-8-21-46(42)55-47-22-9-7-19-43(47)45-30-31-49(54)51(50(44)48)52(45)55;1-3-13-28(14-4-1)41(29-15-5-2-6-16-29)30-17-10-18-31(26-30)42-36-23-11-22-35-33-20-8-7-19-32(33)34-21-9-12-27-24-25-37(42)40(38(27)34)39(35)36;1-3-12-28(13-4-1)41(29-14-5-2-6-15-29)30-22-24-31(25-23-30)42-36-20-10-19-35-33-17-8-7-16-32(33)34-18-9-11-27-21-26-37(42)40(38(27)34)39(35)36/h1-33H;2*1-26H. The van der Waals surface area contributed by atoms with E-state index in [-0.39, 0.29) is 0 Å². The third-order valence-corrected chi connectivity index (χ3v) is 29.0. The van der Waals surface area contributed by atoms with Gasteiger partial charge in [-0.05, 0) is 281 Å². The minimum atomic E-state index is 1.10. The minimum absolute atomic E-state index is 1.10. The summed E-state index contributed by atoms with van der Waals surface area (Å²) in [5.74, 6) is 0. The molecule has 7 heteroatoms. The molecule has 0 aliphatic heterocycles. The van der Waals surface area contributed by atoms with Crippen molar-refractivity contribution >= 4 is 187 Å². The predicted octanol–water partition coefficient (Wildman–Crippen LogP) is 36.3. The third-order valence-electron chi connectivity index (χ3n) is 29.0. The first-order chi connectivity index (χ1) is 69.0. The smallest absolute Gasteiger partial charge is 0.0641 e. The van der Waals surface area contributed by atoms with E-state index < -0.39 is 0 Å². The Morgan fingerprint density at radius 3 is 0.921 bits per heavy atom. The van der Waals surface area contributed by atoms with Crippen LogP contribution in [0, 0.1) is 0 Å². The molecule has 5 aromatic heterocycles. The number of hydrogen-bond acceptors (Lipinski definition) is 3. The Labute approximate surface area is 802 Å². The molecule has 648 valence electrons. The number of para-hydroxylation sites is 7. The number of nitrogens with zero attached hydrogens (tertiary/aromatic N) is 7. The lowest BCUT2D eigenvalue weighted by Gasteiger charge is -2.26. The fraction of sp³-hybridized carbons (Fsp3) is 0. The van der Waals surface area contributed by atoms with Crippen molar-refractivity contribution in [1.82, 2.24) is 18.1 Å². The topological polar surface area (TPSA) is 28.9 Å². The lowest BCUT2D eigenvalue weighted by molar-refractivity contribution is 1.17. The maximum Gasteiger partial charge on any atom is 0.0641 e. The van der Waals surface area contributed by atoms with Crippen molar-refractivity contribution in [3.05, 3.63) is 516 Å². The first-order valence-corrected chi connectivity index (χ1v) is 47.9. The summed E-state index contributed by atoms with van der Waals surface area (Å²) in [4.78, 5) is 7.00. The van der Waals surface area contributed by atoms with Crippen molar-refractivity contribution in [1.29, 1.82) is 0 Å². The van der Waals surface area contributed by atoms with Gasteiger partial charge in [-0.1, -0.05) is 328 Å². The summed E-state index contributed by atoms with van der Waals surface area (Å²) >= 11 is 0. The number of anilines is 9. The molecule has 2 aliphatic carbocycles. The van der Waals surface area contributed by atoms with Crippen molar-refractivity contribution in [2.45, 2.75) is 0 Å². The third kappa shape index (κ3) is 12.5. The van der Waals surface area contributed by atoms with E-state index in [0.29, 0.717) is 0 Å². The van der Waals surface area contributed by atoms with Gasteiger partial charge in [-0.2, -0.15) is 0 Å². The Morgan fingerprint density at radius 2 is 0.439 bits per heavy atom. The molecule has 28 aromatic rings. The van der Waals surface area contributed by atoms with Crippen LogP contribution < -0.4 is 14.7 Å². The zero-order valence-electron chi connectivity index (χ0n) is 75.7. The molecule has 0 N–H and O–H groups in total. The van der Waals surface area contributed by atoms with Crippen LogP contribution in [0.3, 0.4) is 0 Å². The molecule has 2 aliphatic rings. The summed E-state index contributed by atoms with van der Waals surface area (Å²) in [7, 11) is 0. The van der Waals surface area contributed by atoms with Gasteiger partial charge in [0.25, 0.3) is 0 Å². The average molecular weight is 1770 g/mol. The van der Waals surface area contributed by atoms with Crippen LogP contribution in [0.4, 0.5) is 51.2 Å². The van der Waals surface area contributed by atoms with Gasteiger partial charge in [-0.15, -0.1) is 0 Å². The number of hydrogen-bond donors (Lipinski definition) is 0. The highest BCUT2D eigenvalue weighted by Gasteiger charge is 2.30. The van der Waals surface area contributed by atoms with Gasteiger partial charge in [-0.3, -0.25) is 0 Å². The van der Waals surface area contributed by atoms with Gasteiger partial charge in [0, 0.05) is 117 Å². The van der Waals surface area contributed by atoms with E-state index in [1.807, 2.05) is 0 Å². The molecule has 139 heavy (non-hydrogen) atoms. The zero-order valence-corrected chi connectivity index (χ0v) is 75.7. The van der Waals surface area contributed by atoms with Gasteiger partial charge in [0.15, 0.2) is 0 Å². The highest BCUT2D eigenvalue weighted by molar-refractivity contribution is 6.35. The van der Waals surface area contributed by atoms with E-state index >= 15 is 0 Å². The first kappa shape index (κ1) is 79.0. The number of rotatable bonds is 13. The van der Waals surface area contributed by atoms with Crippen molar-refractivity contribution in [2.24, 2.45) is 0 Å². The average Bonchev–Trinajstić information content (AvgIpc) is 1.51. The molecule has 0 fully saturated rings. The number of aromatic nitrogens is 4. The van der Waals surface area contributed by atoms with Gasteiger partial charge in [0.1, 0.15) is 0 Å². The monoisotopic (exact) mass is 1770 g/mol. The second-order valence-corrected chi connectivity index (χ2v) is 36.5. The Morgan fingerprint density at radius 1 is 0.137 bits per heavy atom. The van der Waals surface area contributed by atoms with E-state index in [1.165, 1.54) is 191 Å². The Hall–Kier alpha value is -18.6. The van der Waals surface area contributed by atoms with Crippen LogP contribution >= 0.6 is 0 Å². The van der Waals surface area contributed by atoms with Crippen LogP contribution in [-0.4, -0.2) is 18.1 Å². The predicted molar refractivity (Wildman–Crippen MR) is 588 cm³/mol. The van der Waals surface area contributed by atoms with E-state index in [0.717, 1.165) is 68.2 Å². The normalized spacial score (nSPS) is 11.9. The van der Waals surface area contributed by atoms with E-state index in [4.69, 9.17) is 0 Å². The molecule has 0 saturated carbocycles. The van der Waals surface area contributed by atoms with Crippen LogP contribution in [0.2, 0.25) is 0 Å². The summed E-state index contributed by atoms with van der Waals surface area (Å²) in [5.41, 5.74) is 37.4. The van der Waals surface area contributed by atoms with Crippen LogP contribution in [0.5, 0.6) is 0 Å². The second kappa shape index (κ2) is 32.1. The Kier molecular flexibility index (Phi) is 18.3. The van der Waals surface area contributed by atoms with Crippen molar-refractivity contribution in [2.75, 3.05) is 14.7 Å². The van der Waals surface area contributed by atoms with Gasteiger partial charge >= 0.3 is 0 Å². The molecule has 0 radical (unpaired) electrons. The molecule has 7 nitrogen and oxygen atoms in total. The highest BCUT2D eigenvalue weighted by Crippen LogP contribution is 2.55. The van der Waals surface area contributed by atoms with Crippen LogP contribution in [-0.2, 0) is 0 Å². The molecule has 30 rings (SSSR count). The van der Waals surface area contributed by atoms with E-state index in [2.05, 4.69) is 548 Å².